The van der Waals surface area contributed by atoms with Crippen molar-refractivity contribution >= 4 is 28.3 Å². The minimum Gasteiger partial charge on any atom is -0.397 e. The summed E-state index contributed by atoms with van der Waals surface area (Å²) in [4.78, 5) is 35.8. The molecule has 2 fully saturated rings. The zero-order chi connectivity index (χ0) is 18.1. The normalized spacial score (nSPS) is 18.3. The fourth-order valence-corrected chi connectivity index (χ4v) is 3.28. The zero-order valence-electron chi connectivity index (χ0n) is 14.4. The van der Waals surface area contributed by atoms with Crippen LogP contribution >= 0.6 is 0 Å². The number of nitrogens with one attached hydrogen (secondary N) is 1. The number of amides is 1. The van der Waals surface area contributed by atoms with Gasteiger partial charge in [-0.05, 0) is 12.1 Å². The highest BCUT2D eigenvalue weighted by Crippen LogP contribution is 2.28. The van der Waals surface area contributed by atoms with E-state index in [9.17, 15) is 9.59 Å². The van der Waals surface area contributed by atoms with Crippen LogP contribution in [0, 0.1) is 0 Å². The van der Waals surface area contributed by atoms with Crippen LogP contribution in [0.4, 0.5) is 11.4 Å². The summed E-state index contributed by atoms with van der Waals surface area (Å²) in [6, 6.07) is 3.51. The van der Waals surface area contributed by atoms with Crippen molar-refractivity contribution in [3.05, 3.63) is 28.2 Å². The van der Waals surface area contributed by atoms with E-state index in [2.05, 4.69) is 14.9 Å². The molecule has 26 heavy (non-hydrogen) atoms. The van der Waals surface area contributed by atoms with Crippen LogP contribution in [0.5, 0.6) is 0 Å². The van der Waals surface area contributed by atoms with Crippen LogP contribution in [0.2, 0.25) is 0 Å². The smallest absolute Gasteiger partial charge is 0.280 e. The van der Waals surface area contributed by atoms with Gasteiger partial charge in [0.25, 0.3) is 11.5 Å². The first-order valence-electron chi connectivity index (χ1n) is 8.67. The molecule has 1 aromatic carbocycles. The second-order valence-corrected chi connectivity index (χ2v) is 6.35. The average Bonchev–Trinajstić information content (AvgIpc) is 2.68. The van der Waals surface area contributed by atoms with Gasteiger partial charge in [0.2, 0.25) is 0 Å². The van der Waals surface area contributed by atoms with Gasteiger partial charge in [-0.3, -0.25) is 9.59 Å². The molecule has 1 amide bonds. The number of carbonyl (C=O) groups excluding carboxylic acids is 1. The standard InChI is InChI=1S/C17H21N5O4/c18-11-9-12-13(10-14(11)21-1-5-25-6-2-21)19-15(16(23)20-12)17(24)22-3-7-26-8-4-22/h9-10H,1-8,18H2,(H,20,23). The van der Waals surface area contributed by atoms with Gasteiger partial charge in [0, 0.05) is 26.2 Å². The highest BCUT2D eigenvalue weighted by molar-refractivity contribution is 5.95. The van der Waals surface area contributed by atoms with E-state index < -0.39 is 5.56 Å². The van der Waals surface area contributed by atoms with Gasteiger partial charge in [-0.2, -0.15) is 0 Å². The number of rotatable bonds is 2. The lowest BCUT2D eigenvalue weighted by atomic mass is 10.2. The number of morpholine rings is 2. The molecule has 0 aliphatic carbocycles. The molecule has 9 nitrogen and oxygen atoms in total. The number of hydrogen-bond acceptors (Lipinski definition) is 7. The van der Waals surface area contributed by atoms with Crippen molar-refractivity contribution in [3.8, 4) is 0 Å². The molecule has 2 aliphatic heterocycles. The first kappa shape index (κ1) is 16.8. The van der Waals surface area contributed by atoms with Crippen molar-refractivity contribution in [1.29, 1.82) is 0 Å². The highest BCUT2D eigenvalue weighted by Gasteiger charge is 2.23. The Morgan fingerprint density at radius 1 is 1.08 bits per heavy atom. The van der Waals surface area contributed by atoms with Crippen molar-refractivity contribution < 1.29 is 14.3 Å². The van der Waals surface area contributed by atoms with E-state index >= 15 is 0 Å². The Balaban J connectivity index is 1.73. The molecule has 2 saturated heterocycles. The number of ether oxygens (including phenoxy) is 2. The molecule has 138 valence electrons. The molecule has 0 saturated carbocycles. The van der Waals surface area contributed by atoms with Gasteiger partial charge >= 0.3 is 0 Å². The molecule has 0 radical (unpaired) electrons. The number of fused-ring (bicyclic) bond motifs is 1. The summed E-state index contributed by atoms with van der Waals surface area (Å²) in [5, 5.41) is 0. The number of hydrogen-bond donors (Lipinski definition) is 2. The van der Waals surface area contributed by atoms with Crippen LogP contribution in [0.15, 0.2) is 16.9 Å². The number of nitrogens with two attached hydrogens (primary N) is 1. The Morgan fingerprint density at radius 3 is 2.42 bits per heavy atom. The van der Waals surface area contributed by atoms with Crippen molar-refractivity contribution in [2.24, 2.45) is 0 Å². The zero-order valence-corrected chi connectivity index (χ0v) is 14.4. The van der Waals surface area contributed by atoms with Crippen LogP contribution < -0.4 is 16.2 Å². The maximum atomic E-state index is 12.7. The molecule has 0 bridgehead atoms. The second-order valence-electron chi connectivity index (χ2n) is 6.35. The largest absolute Gasteiger partial charge is 0.397 e. The van der Waals surface area contributed by atoms with Crippen LogP contribution in [-0.2, 0) is 9.47 Å². The van der Waals surface area contributed by atoms with Crippen LogP contribution in [0.3, 0.4) is 0 Å². The summed E-state index contributed by atoms with van der Waals surface area (Å²) in [7, 11) is 0. The van der Waals surface area contributed by atoms with E-state index in [4.69, 9.17) is 15.2 Å². The van der Waals surface area contributed by atoms with Crippen molar-refractivity contribution in [2.75, 3.05) is 63.2 Å². The number of nitrogen functional groups attached to an aromatic ring is 1. The Kier molecular flexibility index (Phi) is 4.48. The molecule has 9 heteroatoms. The summed E-state index contributed by atoms with van der Waals surface area (Å²) < 4.78 is 10.6. The molecule has 2 aliphatic rings. The van der Waals surface area contributed by atoms with Gasteiger partial charge in [0.1, 0.15) is 0 Å². The topological polar surface area (TPSA) is 114 Å². The molecule has 1 aromatic heterocycles. The fraction of sp³-hybridized carbons (Fsp3) is 0.471. The van der Waals surface area contributed by atoms with Crippen LogP contribution in [0.25, 0.3) is 11.0 Å². The molecule has 4 rings (SSSR count). The molecular formula is C17H21N5O4. The number of carbonyl (C=O) groups is 1. The van der Waals surface area contributed by atoms with Gasteiger partial charge in [-0.15, -0.1) is 0 Å². The second kappa shape index (κ2) is 6.93. The third kappa shape index (κ3) is 3.11. The lowest BCUT2D eigenvalue weighted by Gasteiger charge is -2.30. The minimum atomic E-state index is -0.507. The Hall–Kier alpha value is -2.65. The first-order chi connectivity index (χ1) is 12.6. The van der Waals surface area contributed by atoms with Crippen molar-refractivity contribution in [1.82, 2.24) is 14.9 Å². The number of aromatic nitrogens is 2. The molecule has 0 unspecified atom stereocenters. The van der Waals surface area contributed by atoms with Crippen LogP contribution in [0.1, 0.15) is 10.5 Å². The third-order valence-corrected chi connectivity index (χ3v) is 4.69. The number of anilines is 2. The maximum Gasteiger partial charge on any atom is 0.280 e. The fourth-order valence-electron chi connectivity index (χ4n) is 3.28. The predicted molar refractivity (Wildman–Crippen MR) is 96.5 cm³/mol. The van der Waals surface area contributed by atoms with E-state index in [1.807, 2.05) is 6.07 Å². The van der Waals surface area contributed by atoms with Gasteiger partial charge in [-0.25, -0.2) is 4.98 Å². The van der Waals surface area contributed by atoms with Gasteiger partial charge in [-0.1, -0.05) is 0 Å². The number of aromatic amines is 1. The summed E-state index contributed by atoms with van der Waals surface area (Å²) >= 11 is 0. The summed E-state index contributed by atoms with van der Waals surface area (Å²) in [6.45, 7) is 4.59. The van der Waals surface area contributed by atoms with E-state index in [0.717, 1.165) is 18.8 Å². The predicted octanol–water partition coefficient (Wildman–Crippen LogP) is -0.186. The van der Waals surface area contributed by atoms with E-state index in [-0.39, 0.29) is 11.6 Å². The van der Waals surface area contributed by atoms with Gasteiger partial charge < -0.3 is 30.0 Å². The Morgan fingerprint density at radius 2 is 1.73 bits per heavy atom. The lowest BCUT2D eigenvalue weighted by Crippen LogP contribution is -2.43. The quantitative estimate of drug-likeness (QED) is 0.715. The minimum absolute atomic E-state index is 0.0999. The number of H-pyrrole nitrogens is 1. The molecule has 0 atom stereocenters. The molecule has 3 N–H and O–H groups in total. The molecular weight excluding hydrogens is 338 g/mol. The number of benzene rings is 1. The van der Waals surface area contributed by atoms with E-state index in [1.165, 1.54) is 0 Å². The van der Waals surface area contributed by atoms with E-state index in [0.29, 0.717) is 56.2 Å². The van der Waals surface area contributed by atoms with Gasteiger partial charge in [0.05, 0.1) is 48.8 Å². The van der Waals surface area contributed by atoms with Gasteiger partial charge in [0.15, 0.2) is 5.69 Å². The monoisotopic (exact) mass is 359 g/mol. The highest BCUT2D eigenvalue weighted by atomic mass is 16.5. The summed E-state index contributed by atoms with van der Waals surface area (Å²) in [5.41, 5.74) is 8.01. The Bertz CT molecular complexity index is 885. The van der Waals surface area contributed by atoms with Crippen molar-refractivity contribution in [2.45, 2.75) is 0 Å². The first-order valence-corrected chi connectivity index (χ1v) is 8.67. The summed E-state index contributed by atoms with van der Waals surface area (Å²) in [5.74, 6) is -0.374. The SMILES string of the molecule is Nc1cc2[nH]c(=O)c(C(=O)N3CCOCC3)nc2cc1N1CCOCC1. The Labute approximate surface area is 149 Å². The molecule has 3 heterocycles. The van der Waals surface area contributed by atoms with Crippen LogP contribution in [-0.4, -0.2) is 73.4 Å². The summed E-state index contributed by atoms with van der Waals surface area (Å²) in [6.07, 6.45) is 0. The lowest BCUT2D eigenvalue weighted by molar-refractivity contribution is 0.0298. The third-order valence-electron chi connectivity index (χ3n) is 4.69. The van der Waals surface area contributed by atoms with E-state index in [1.54, 1.807) is 11.0 Å². The molecule has 2 aromatic rings. The maximum absolute atomic E-state index is 12.7. The number of nitrogens with zero attached hydrogens (tertiary/aromatic N) is 3. The average molecular weight is 359 g/mol. The van der Waals surface area contributed by atoms with Crippen molar-refractivity contribution in [3.63, 3.8) is 0 Å². The molecule has 0 spiro atoms.